The maximum Gasteiger partial charge on any atom is 0.0159 e. The maximum absolute atomic E-state index is 2.52. The Balaban J connectivity index is 1.83. The second-order valence-electron chi connectivity index (χ2n) is 8.57. The van der Waals surface area contributed by atoms with E-state index in [1.54, 1.807) is 11.1 Å². The standard InChI is InChI=1S/C24H24/c1-23(2)19-11-7-5-9-15(19)17-14-22-18(13-21(17)23)16-10-6-8-12-20(16)24(22,3)4/h5,7-9,11-14H,6,10H2,1-4H3. The number of rotatable bonds is 0. The van der Waals surface area contributed by atoms with Crippen LogP contribution in [0.2, 0.25) is 0 Å². The summed E-state index contributed by atoms with van der Waals surface area (Å²) in [4.78, 5) is 0. The second kappa shape index (κ2) is 4.30. The SMILES string of the molecule is CC1(C)C2=C(CCC=C2)c2cc3c(cc21)-c1ccccc1C3(C)C. The van der Waals surface area contributed by atoms with Gasteiger partial charge in [-0.25, -0.2) is 0 Å². The zero-order valence-electron chi connectivity index (χ0n) is 15.0. The number of hydrogen-bond donors (Lipinski definition) is 0. The lowest BCUT2D eigenvalue weighted by Gasteiger charge is -2.25. The first-order valence-electron chi connectivity index (χ1n) is 9.12. The molecule has 24 heavy (non-hydrogen) atoms. The topological polar surface area (TPSA) is 0 Å². The molecule has 0 heterocycles. The molecular weight excluding hydrogens is 288 g/mol. The molecule has 5 rings (SSSR count). The smallest absolute Gasteiger partial charge is 0.0159 e. The molecule has 0 N–H and O–H groups in total. The lowest BCUT2D eigenvalue weighted by atomic mass is 9.78. The molecule has 2 aromatic rings. The first kappa shape index (κ1) is 14.3. The molecule has 0 nitrogen and oxygen atoms in total. The van der Waals surface area contributed by atoms with E-state index < -0.39 is 0 Å². The van der Waals surface area contributed by atoms with Crippen molar-refractivity contribution in [3.05, 3.63) is 76.4 Å². The van der Waals surface area contributed by atoms with Crippen molar-refractivity contribution >= 4 is 5.57 Å². The number of hydrogen-bond acceptors (Lipinski definition) is 0. The highest BCUT2D eigenvalue weighted by molar-refractivity contribution is 5.89. The average molecular weight is 312 g/mol. The molecule has 3 aliphatic rings. The predicted octanol–water partition coefficient (Wildman–Crippen LogP) is 6.39. The summed E-state index contributed by atoms with van der Waals surface area (Å²) in [5.41, 5.74) is 12.2. The Hall–Kier alpha value is -2.08. The fourth-order valence-corrected chi connectivity index (χ4v) is 5.19. The van der Waals surface area contributed by atoms with Crippen LogP contribution in [0.5, 0.6) is 0 Å². The highest BCUT2D eigenvalue weighted by Gasteiger charge is 2.42. The van der Waals surface area contributed by atoms with Crippen molar-refractivity contribution in [2.24, 2.45) is 0 Å². The monoisotopic (exact) mass is 312 g/mol. The summed E-state index contributed by atoms with van der Waals surface area (Å²) < 4.78 is 0. The molecule has 0 amide bonds. The van der Waals surface area contributed by atoms with Crippen molar-refractivity contribution in [3.63, 3.8) is 0 Å². The van der Waals surface area contributed by atoms with E-state index in [2.05, 4.69) is 76.2 Å². The van der Waals surface area contributed by atoms with Crippen LogP contribution in [-0.4, -0.2) is 0 Å². The minimum absolute atomic E-state index is 0.0961. The van der Waals surface area contributed by atoms with Gasteiger partial charge in [0.25, 0.3) is 0 Å². The minimum Gasteiger partial charge on any atom is -0.0839 e. The van der Waals surface area contributed by atoms with Gasteiger partial charge in [-0.3, -0.25) is 0 Å². The molecule has 0 spiro atoms. The molecule has 0 aliphatic heterocycles. The van der Waals surface area contributed by atoms with E-state index in [4.69, 9.17) is 0 Å². The third kappa shape index (κ3) is 1.55. The largest absolute Gasteiger partial charge is 0.0839 e. The van der Waals surface area contributed by atoms with Crippen molar-refractivity contribution in [3.8, 4) is 11.1 Å². The van der Waals surface area contributed by atoms with Gasteiger partial charge in [-0.2, -0.15) is 0 Å². The Morgan fingerprint density at radius 1 is 0.750 bits per heavy atom. The normalized spacial score (nSPS) is 21.3. The zero-order chi connectivity index (χ0) is 16.7. The van der Waals surface area contributed by atoms with Crippen LogP contribution in [0.15, 0.2) is 54.1 Å². The van der Waals surface area contributed by atoms with Crippen LogP contribution >= 0.6 is 0 Å². The van der Waals surface area contributed by atoms with Crippen LogP contribution in [0, 0.1) is 0 Å². The summed E-state index contributed by atoms with van der Waals surface area (Å²) in [5, 5.41) is 0. The van der Waals surface area contributed by atoms with E-state index in [0.29, 0.717) is 0 Å². The maximum atomic E-state index is 2.52. The van der Waals surface area contributed by atoms with Crippen LogP contribution in [0.4, 0.5) is 0 Å². The van der Waals surface area contributed by atoms with Gasteiger partial charge in [0.2, 0.25) is 0 Å². The summed E-state index contributed by atoms with van der Waals surface area (Å²) in [5.74, 6) is 0. The van der Waals surface area contributed by atoms with Gasteiger partial charge in [0, 0.05) is 10.8 Å². The van der Waals surface area contributed by atoms with Gasteiger partial charge in [-0.15, -0.1) is 0 Å². The molecule has 0 fully saturated rings. The Morgan fingerprint density at radius 3 is 2.29 bits per heavy atom. The Bertz CT molecular complexity index is 948. The summed E-state index contributed by atoms with van der Waals surface area (Å²) in [6, 6.07) is 14.0. The molecule has 0 saturated carbocycles. The quantitative estimate of drug-likeness (QED) is 0.529. The Morgan fingerprint density at radius 2 is 1.46 bits per heavy atom. The highest BCUT2D eigenvalue weighted by Crippen LogP contribution is 2.55. The summed E-state index contributed by atoms with van der Waals surface area (Å²) >= 11 is 0. The first-order chi connectivity index (χ1) is 11.4. The van der Waals surface area contributed by atoms with Gasteiger partial charge in [0.15, 0.2) is 0 Å². The highest BCUT2D eigenvalue weighted by atomic mass is 14.4. The number of allylic oxidation sites excluding steroid dienone is 4. The molecule has 0 aromatic heterocycles. The number of fused-ring (bicyclic) bond motifs is 5. The van der Waals surface area contributed by atoms with E-state index in [9.17, 15) is 0 Å². The molecule has 0 bridgehead atoms. The Kier molecular flexibility index (Phi) is 2.56. The fraction of sp³-hybridized carbons (Fsp3) is 0.333. The van der Waals surface area contributed by atoms with Crippen molar-refractivity contribution in [2.45, 2.75) is 51.4 Å². The third-order valence-corrected chi connectivity index (χ3v) is 6.56. The van der Waals surface area contributed by atoms with Gasteiger partial charge in [-0.05, 0) is 69.5 Å². The van der Waals surface area contributed by atoms with E-state index >= 15 is 0 Å². The lowest BCUT2D eigenvalue weighted by Crippen LogP contribution is -2.18. The molecule has 0 atom stereocenters. The van der Waals surface area contributed by atoms with E-state index in [0.717, 1.165) is 0 Å². The van der Waals surface area contributed by atoms with E-state index in [1.165, 1.54) is 46.2 Å². The summed E-state index contributed by atoms with van der Waals surface area (Å²) in [6.07, 6.45) is 7.09. The average Bonchev–Trinajstić information content (AvgIpc) is 2.95. The third-order valence-electron chi connectivity index (χ3n) is 6.56. The van der Waals surface area contributed by atoms with Gasteiger partial charge in [0.1, 0.15) is 0 Å². The van der Waals surface area contributed by atoms with Gasteiger partial charge in [0.05, 0.1) is 0 Å². The second-order valence-corrected chi connectivity index (χ2v) is 8.57. The molecule has 0 radical (unpaired) electrons. The van der Waals surface area contributed by atoms with Crippen LogP contribution in [-0.2, 0) is 10.8 Å². The fourth-order valence-electron chi connectivity index (χ4n) is 5.19. The molecule has 3 aliphatic carbocycles. The minimum atomic E-state index is 0.0961. The summed E-state index contributed by atoms with van der Waals surface area (Å²) in [6.45, 7) is 9.53. The van der Waals surface area contributed by atoms with Crippen molar-refractivity contribution < 1.29 is 0 Å². The van der Waals surface area contributed by atoms with Crippen molar-refractivity contribution in [1.29, 1.82) is 0 Å². The summed E-state index contributed by atoms with van der Waals surface area (Å²) in [7, 11) is 0. The van der Waals surface area contributed by atoms with Crippen LogP contribution < -0.4 is 0 Å². The molecule has 0 heteroatoms. The van der Waals surface area contributed by atoms with Gasteiger partial charge >= 0.3 is 0 Å². The van der Waals surface area contributed by atoms with E-state index in [-0.39, 0.29) is 10.8 Å². The van der Waals surface area contributed by atoms with Crippen molar-refractivity contribution in [2.75, 3.05) is 0 Å². The molecule has 2 aromatic carbocycles. The van der Waals surface area contributed by atoms with Crippen molar-refractivity contribution in [1.82, 2.24) is 0 Å². The number of benzene rings is 2. The van der Waals surface area contributed by atoms with Crippen LogP contribution in [0.1, 0.15) is 62.8 Å². The van der Waals surface area contributed by atoms with Gasteiger partial charge in [-0.1, -0.05) is 64.1 Å². The van der Waals surface area contributed by atoms with Crippen LogP contribution in [0.25, 0.3) is 16.7 Å². The van der Waals surface area contributed by atoms with Crippen LogP contribution in [0.3, 0.4) is 0 Å². The Labute approximate surface area is 144 Å². The first-order valence-corrected chi connectivity index (χ1v) is 9.12. The molecular formula is C24H24. The molecule has 0 saturated heterocycles. The van der Waals surface area contributed by atoms with Gasteiger partial charge < -0.3 is 0 Å². The predicted molar refractivity (Wildman–Crippen MR) is 102 cm³/mol. The lowest BCUT2D eigenvalue weighted by molar-refractivity contribution is 0.645. The molecule has 120 valence electrons. The molecule has 0 unspecified atom stereocenters. The van der Waals surface area contributed by atoms with E-state index in [1.807, 2.05) is 0 Å². The zero-order valence-corrected chi connectivity index (χ0v) is 15.0.